The van der Waals surface area contributed by atoms with E-state index < -0.39 is 21.5 Å². The van der Waals surface area contributed by atoms with Gasteiger partial charge in [0, 0.05) is 25.5 Å². The molecular formula is C19H25N3O3S. The highest BCUT2D eigenvalue weighted by atomic mass is 32.2. The van der Waals surface area contributed by atoms with Crippen molar-refractivity contribution < 1.29 is 13.2 Å². The standard InChI is InChI=1S/C19H25N3O3S/c1-6-21(12-14(2)3)18(23)13-26(24,25)19-20-9-10-22(19)17-11-15(4)7-8-16(17)5/h7-11H,2,6,12-13H2,1,3-5H3. The average Bonchev–Trinajstić information content (AvgIpc) is 3.04. The lowest BCUT2D eigenvalue weighted by molar-refractivity contribution is -0.127. The van der Waals surface area contributed by atoms with Gasteiger partial charge in [-0.05, 0) is 44.9 Å². The van der Waals surface area contributed by atoms with Gasteiger partial charge in [-0.15, -0.1) is 0 Å². The minimum absolute atomic E-state index is 0.120. The van der Waals surface area contributed by atoms with Crippen molar-refractivity contribution in [3.8, 4) is 5.69 Å². The highest BCUT2D eigenvalue weighted by Gasteiger charge is 2.27. The molecule has 0 aliphatic carbocycles. The summed E-state index contributed by atoms with van der Waals surface area (Å²) in [7, 11) is -3.88. The maximum atomic E-state index is 12.8. The maximum absolute atomic E-state index is 12.8. The number of aromatic nitrogens is 2. The number of sulfone groups is 1. The van der Waals surface area contributed by atoms with Crippen molar-refractivity contribution in [2.45, 2.75) is 32.9 Å². The van der Waals surface area contributed by atoms with Crippen molar-refractivity contribution in [1.29, 1.82) is 0 Å². The zero-order chi connectivity index (χ0) is 19.5. The second-order valence-electron chi connectivity index (χ2n) is 6.49. The SMILES string of the molecule is C=C(C)CN(CC)C(=O)CS(=O)(=O)c1nccn1-c1cc(C)ccc1C. The molecule has 2 rings (SSSR count). The molecule has 1 amide bonds. The van der Waals surface area contributed by atoms with Crippen LogP contribution in [0.4, 0.5) is 0 Å². The largest absolute Gasteiger partial charge is 0.338 e. The molecule has 0 fully saturated rings. The molecule has 26 heavy (non-hydrogen) atoms. The maximum Gasteiger partial charge on any atom is 0.238 e. The Morgan fingerprint density at radius 2 is 2.00 bits per heavy atom. The van der Waals surface area contributed by atoms with Gasteiger partial charge in [-0.1, -0.05) is 24.3 Å². The van der Waals surface area contributed by atoms with Crippen LogP contribution >= 0.6 is 0 Å². The Hall–Kier alpha value is -2.41. The molecule has 140 valence electrons. The molecule has 0 radical (unpaired) electrons. The number of nitrogens with zero attached hydrogens (tertiary/aromatic N) is 3. The Morgan fingerprint density at radius 1 is 1.31 bits per heavy atom. The Kier molecular flexibility index (Phi) is 6.02. The fourth-order valence-corrected chi connectivity index (χ4v) is 4.02. The molecule has 0 spiro atoms. The Bertz CT molecular complexity index is 929. The molecule has 1 heterocycles. The van der Waals surface area contributed by atoms with E-state index in [-0.39, 0.29) is 5.16 Å². The van der Waals surface area contributed by atoms with Crippen LogP contribution in [0.15, 0.2) is 47.9 Å². The van der Waals surface area contributed by atoms with Crippen molar-refractivity contribution in [2.24, 2.45) is 0 Å². The first-order valence-corrected chi connectivity index (χ1v) is 10.1. The lowest BCUT2D eigenvalue weighted by atomic mass is 10.1. The highest BCUT2D eigenvalue weighted by molar-refractivity contribution is 7.92. The zero-order valence-corrected chi connectivity index (χ0v) is 16.5. The molecule has 0 aliphatic heterocycles. The fraction of sp³-hybridized carbons (Fsp3) is 0.368. The van der Waals surface area contributed by atoms with Crippen molar-refractivity contribution in [2.75, 3.05) is 18.8 Å². The summed E-state index contributed by atoms with van der Waals surface area (Å²) in [6.45, 7) is 12.0. The predicted molar refractivity (Wildman–Crippen MR) is 102 cm³/mol. The lowest BCUT2D eigenvalue weighted by Gasteiger charge is -2.21. The summed E-state index contributed by atoms with van der Waals surface area (Å²) in [6.07, 6.45) is 3.04. The summed E-state index contributed by atoms with van der Waals surface area (Å²) in [6, 6.07) is 5.79. The van der Waals surface area contributed by atoms with Crippen molar-refractivity contribution >= 4 is 15.7 Å². The number of hydrogen-bond donors (Lipinski definition) is 0. The van der Waals surface area contributed by atoms with Crippen LogP contribution in [0.2, 0.25) is 0 Å². The fourth-order valence-electron chi connectivity index (χ4n) is 2.70. The van der Waals surface area contributed by atoms with E-state index in [9.17, 15) is 13.2 Å². The molecule has 6 nitrogen and oxygen atoms in total. The second-order valence-corrected chi connectivity index (χ2v) is 8.38. The van der Waals surface area contributed by atoms with E-state index in [4.69, 9.17) is 0 Å². The second kappa shape index (κ2) is 7.86. The van der Waals surface area contributed by atoms with E-state index in [0.29, 0.717) is 13.1 Å². The van der Waals surface area contributed by atoms with Crippen LogP contribution in [0.1, 0.15) is 25.0 Å². The van der Waals surface area contributed by atoms with Gasteiger partial charge in [0.15, 0.2) is 0 Å². The van der Waals surface area contributed by atoms with Gasteiger partial charge < -0.3 is 4.90 Å². The van der Waals surface area contributed by atoms with Gasteiger partial charge in [0.1, 0.15) is 5.75 Å². The smallest absolute Gasteiger partial charge is 0.238 e. The van der Waals surface area contributed by atoms with Gasteiger partial charge >= 0.3 is 0 Å². The number of rotatable bonds is 7. The molecule has 0 saturated heterocycles. The van der Waals surface area contributed by atoms with Gasteiger partial charge in [-0.3, -0.25) is 9.36 Å². The zero-order valence-electron chi connectivity index (χ0n) is 15.7. The van der Waals surface area contributed by atoms with Gasteiger partial charge in [0.05, 0.1) is 5.69 Å². The normalized spacial score (nSPS) is 11.4. The van der Waals surface area contributed by atoms with Gasteiger partial charge in [-0.2, -0.15) is 0 Å². The van der Waals surface area contributed by atoms with Crippen LogP contribution < -0.4 is 0 Å². The summed E-state index contributed by atoms with van der Waals surface area (Å²) in [5, 5.41) is -0.120. The monoisotopic (exact) mass is 375 g/mol. The summed E-state index contributed by atoms with van der Waals surface area (Å²) in [5.41, 5.74) is 3.48. The molecule has 0 saturated carbocycles. The Balaban J connectivity index is 2.37. The molecule has 2 aromatic rings. The molecule has 1 aromatic heterocycles. The number of imidazole rings is 1. The lowest BCUT2D eigenvalue weighted by Crippen LogP contribution is -2.37. The van der Waals surface area contributed by atoms with E-state index in [0.717, 1.165) is 22.4 Å². The Labute approximate surface area is 155 Å². The third-order valence-electron chi connectivity index (χ3n) is 4.02. The van der Waals surface area contributed by atoms with E-state index in [1.165, 1.54) is 15.7 Å². The van der Waals surface area contributed by atoms with E-state index in [2.05, 4.69) is 11.6 Å². The number of aryl methyl sites for hydroxylation is 2. The summed E-state index contributed by atoms with van der Waals surface area (Å²) < 4.78 is 27.2. The van der Waals surface area contributed by atoms with Crippen LogP contribution in [0, 0.1) is 13.8 Å². The quantitative estimate of drug-likeness (QED) is 0.698. The van der Waals surface area contributed by atoms with Crippen LogP contribution in [0.25, 0.3) is 5.69 Å². The average molecular weight is 375 g/mol. The van der Waals surface area contributed by atoms with E-state index in [1.54, 1.807) is 13.1 Å². The first-order valence-electron chi connectivity index (χ1n) is 8.41. The van der Waals surface area contributed by atoms with Crippen LogP contribution in [-0.4, -0.2) is 47.6 Å². The first kappa shape index (κ1) is 19.9. The van der Waals surface area contributed by atoms with Gasteiger partial charge in [-0.25, -0.2) is 13.4 Å². The number of hydrogen-bond acceptors (Lipinski definition) is 4. The molecule has 0 atom stereocenters. The first-order chi connectivity index (χ1) is 12.2. The summed E-state index contributed by atoms with van der Waals surface area (Å²) >= 11 is 0. The Morgan fingerprint density at radius 3 is 2.62 bits per heavy atom. The number of carbonyl (C=O) groups excluding carboxylic acids is 1. The van der Waals surface area contributed by atoms with E-state index in [1.807, 2.05) is 39.0 Å². The summed E-state index contributed by atoms with van der Waals surface area (Å²) in [5.74, 6) is -1.07. The van der Waals surface area contributed by atoms with Gasteiger partial charge in [0.2, 0.25) is 20.9 Å². The highest BCUT2D eigenvalue weighted by Crippen LogP contribution is 2.21. The molecule has 7 heteroatoms. The number of amides is 1. The minimum Gasteiger partial charge on any atom is -0.338 e. The molecule has 1 aromatic carbocycles. The predicted octanol–water partition coefficient (Wildman–Crippen LogP) is 2.69. The third-order valence-corrected chi connectivity index (χ3v) is 5.50. The summed E-state index contributed by atoms with van der Waals surface area (Å²) in [4.78, 5) is 18.0. The topological polar surface area (TPSA) is 72.3 Å². The number of carbonyl (C=O) groups is 1. The minimum atomic E-state index is -3.88. The molecular weight excluding hydrogens is 350 g/mol. The molecule has 0 bridgehead atoms. The number of likely N-dealkylation sites (N-methyl/N-ethyl adjacent to an activating group) is 1. The molecule has 0 unspecified atom stereocenters. The van der Waals surface area contributed by atoms with Crippen LogP contribution in [0.3, 0.4) is 0 Å². The third kappa shape index (κ3) is 4.40. The van der Waals surface area contributed by atoms with Crippen LogP contribution in [-0.2, 0) is 14.6 Å². The van der Waals surface area contributed by atoms with Crippen molar-refractivity contribution in [1.82, 2.24) is 14.5 Å². The van der Waals surface area contributed by atoms with Crippen LogP contribution in [0.5, 0.6) is 0 Å². The number of benzene rings is 1. The molecule has 0 N–H and O–H groups in total. The van der Waals surface area contributed by atoms with Crippen molar-refractivity contribution in [3.63, 3.8) is 0 Å². The van der Waals surface area contributed by atoms with E-state index >= 15 is 0 Å². The van der Waals surface area contributed by atoms with Crippen molar-refractivity contribution in [3.05, 3.63) is 53.9 Å². The molecule has 0 aliphatic rings. The van der Waals surface area contributed by atoms with Gasteiger partial charge in [0.25, 0.3) is 0 Å².